The number of ether oxygens (including phenoxy) is 2. The number of unbranched alkanes of at least 4 members (excludes halogenated alkanes) is 2. The molecule has 0 saturated heterocycles. The Morgan fingerprint density at radius 3 is 2.37 bits per heavy atom. The van der Waals surface area contributed by atoms with Crippen molar-refractivity contribution < 1.29 is 9.47 Å². The zero-order valence-electron chi connectivity index (χ0n) is 12.7. The maximum atomic E-state index is 5.36. The first-order valence-electron chi connectivity index (χ1n) is 7.22. The molecule has 3 nitrogen and oxygen atoms in total. The summed E-state index contributed by atoms with van der Waals surface area (Å²) in [4.78, 5) is 0. The Morgan fingerprint density at radius 1 is 1.05 bits per heavy atom. The summed E-state index contributed by atoms with van der Waals surface area (Å²) in [5.41, 5.74) is 1.26. The summed E-state index contributed by atoms with van der Waals surface area (Å²) in [6.45, 7) is 5.50. The van der Waals surface area contributed by atoms with E-state index < -0.39 is 0 Å². The minimum atomic E-state index is 0.386. The average molecular weight is 265 g/mol. The summed E-state index contributed by atoms with van der Waals surface area (Å²) in [7, 11) is 3.34. The van der Waals surface area contributed by atoms with E-state index in [0.717, 1.165) is 24.5 Å². The van der Waals surface area contributed by atoms with Crippen LogP contribution >= 0.6 is 0 Å². The maximum absolute atomic E-state index is 5.36. The van der Waals surface area contributed by atoms with E-state index in [-0.39, 0.29) is 0 Å². The number of methoxy groups -OCH3 is 2. The van der Waals surface area contributed by atoms with Gasteiger partial charge in [-0.05, 0) is 37.1 Å². The molecule has 0 bridgehead atoms. The normalized spacial score (nSPS) is 12.2. The van der Waals surface area contributed by atoms with Crippen molar-refractivity contribution in [2.75, 3.05) is 20.8 Å². The monoisotopic (exact) mass is 265 g/mol. The van der Waals surface area contributed by atoms with Gasteiger partial charge < -0.3 is 14.8 Å². The number of hydrogen-bond donors (Lipinski definition) is 1. The van der Waals surface area contributed by atoms with Gasteiger partial charge in [0.2, 0.25) is 0 Å². The lowest BCUT2D eigenvalue weighted by Gasteiger charge is -2.19. The Balaban J connectivity index is 2.69. The summed E-state index contributed by atoms with van der Waals surface area (Å²) < 4.78 is 10.6. The summed E-state index contributed by atoms with van der Waals surface area (Å²) in [6, 6.07) is 6.55. The summed E-state index contributed by atoms with van der Waals surface area (Å²) in [5.74, 6) is 1.58. The molecule has 0 aromatic heterocycles. The summed E-state index contributed by atoms with van der Waals surface area (Å²) in [5, 5.41) is 3.61. The van der Waals surface area contributed by atoms with Crippen molar-refractivity contribution >= 4 is 0 Å². The van der Waals surface area contributed by atoms with Gasteiger partial charge in [-0.15, -0.1) is 0 Å². The first-order valence-corrected chi connectivity index (χ1v) is 7.22. The Kier molecular flexibility index (Phi) is 7.34. The van der Waals surface area contributed by atoms with Gasteiger partial charge in [-0.2, -0.15) is 0 Å². The predicted molar refractivity (Wildman–Crippen MR) is 80.1 cm³/mol. The van der Waals surface area contributed by atoms with Crippen LogP contribution in [-0.4, -0.2) is 20.8 Å². The van der Waals surface area contributed by atoms with Crippen LogP contribution < -0.4 is 14.8 Å². The molecule has 1 unspecified atom stereocenters. The van der Waals surface area contributed by atoms with Gasteiger partial charge in [-0.1, -0.05) is 32.8 Å². The topological polar surface area (TPSA) is 30.5 Å². The van der Waals surface area contributed by atoms with Gasteiger partial charge in [-0.3, -0.25) is 0 Å². The molecule has 0 amide bonds. The van der Waals surface area contributed by atoms with E-state index in [2.05, 4.69) is 31.3 Å². The van der Waals surface area contributed by atoms with E-state index in [9.17, 15) is 0 Å². The van der Waals surface area contributed by atoms with Crippen LogP contribution in [0.2, 0.25) is 0 Å². The first kappa shape index (κ1) is 15.8. The Labute approximate surface area is 117 Å². The molecule has 0 saturated carbocycles. The molecule has 1 aromatic rings. The fourth-order valence-corrected chi connectivity index (χ4v) is 2.22. The molecular weight excluding hydrogens is 238 g/mol. The molecule has 0 aliphatic rings. The van der Waals surface area contributed by atoms with E-state index in [1.807, 2.05) is 6.07 Å². The third-order valence-electron chi connectivity index (χ3n) is 3.39. The van der Waals surface area contributed by atoms with Crippen LogP contribution in [0.4, 0.5) is 0 Å². The fourth-order valence-electron chi connectivity index (χ4n) is 2.22. The predicted octanol–water partition coefficient (Wildman–Crippen LogP) is 3.93. The molecular formula is C16H27NO2. The van der Waals surface area contributed by atoms with E-state index in [1.165, 1.54) is 24.8 Å². The molecule has 1 rings (SSSR count). The molecule has 1 aromatic carbocycles. The number of hydrogen-bond acceptors (Lipinski definition) is 3. The fraction of sp³-hybridized carbons (Fsp3) is 0.625. The second-order valence-corrected chi connectivity index (χ2v) is 4.74. The minimum absolute atomic E-state index is 0.386. The largest absolute Gasteiger partial charge is 0.493 e. The van der Waals surface area contributed by atoms with Gasteiger partial charge in [-0.25, -0.2) is 0 Å². The quantitative estimate of drug-likeness (QED) is 0.686. The highest BCUT2D eigenvalue weighted by Gasteiger charge is 2.11. The van der Waals surface area contributed by atoms with Crippen LogP contribution in [-0.2, 0) is 0 Å². The molecule has 108 valence electrons. The highest BCUT2D eigenvalue weighted by Crippen LogP contribution is 2.30. The molecule has 0 spiro atoms. The molecule has 0 fully saturated rings. The highest BCUT2D eigenvalue weighted by atomic mass is 16.5. The number of rotatable bonds is 9. The van der Waals surface area contributed by atoms with Crippen molar-refractivity contribution in [1.82, 2.24) is 5.32 Å². The molecule has 0 radical (unpaired) electrons. The molecule has 0 heterocycles. The zero-order valence-corrected chi connectivity index (χ0v) is 12.7. The number of benzene rings is 1. The van der Waals surface area contributed by atoms with E-state index in [1.54, 1.807) is 14.2 Å². The zero-order chi connectivity index (χ0) is 14.1. The SMILES string of the molecule is CCCCCNC(CC)c1ccc(OC)c(OC)c1. The van der Waals surface area contributed by atoms with Gasteiger partial charge in [0.25, 0.3) is 0 Å². The molecule has 1 atom stereocenters. The number of nitrogens with one attached hydrogen (secondary N) is 1. The van der Waals surface area contributed by atoms with Gasteiger partial charge in [0.05, 0.1) is 14.2 Å². The van der Waals surface area contributed by atoms with Crippen LogP contribution in [0.5, 0.6) is 11.5 Å². The molecule has 0 aliphatic carbocycles. The van der Waals surface area contributed by atoms with Crippen molar-refractivity contribution in [3.05, 3.63) is 23.8 Å². The standard InChI is InChI=1S/C16H27NO2/c1-5-7-8-11-17-14(6-2)13-9-10-15(18-3)16(12-13)19-4/h9-10,12,14,17H,5-8,11H2,1-4H3. The third kappa shape index (κ3) is 4.75. The first-order chi connectivity index (χ1) is 9.26. The van der Waals surface area contributed by atoms with Crippen molar-refractivity contribution in [2.24, 2.45) is 0 Å². The smallest absolute Gasteiger partial charge is 0.161 e. The second-order valence-electron chi connectivity index (χ2n) is 4.74. The second kappa shape index (κ2) is 8.81. The van der Waals surface area contributed by atoms with Gasteiger partial charge >= 0.3 is 0 Å². The van der Waals surface area contributed by atoms with Crippen LogP contribution in [0.15, 0.2) is 18.2 Å². The molecule has 0 aliphatic heterocycles. The van der Waals surface area contributed by atoms with E-state index in [4.69, 9.17) is 9.47 Å². The van der Waals surface area contributed by atoms with Crippen LogP contribution in [0, 0.1) is 0 Å². The average Bonchev–Trinajstić information content (AvgIpc) is 2.46. The van der Waals surface area contributed by atoms with Crippen molar-refractivity contribution in [2.45, 2.75) is 45.6 Å². The van der Waals surface area contributed by atoms with Crippen LogP contribution in [0.3, 0.4) is 0 Å². The van der Waals surface area contributed by atoms with E-state index in [0.29, 0.717) is 6.04 Å². The van der Waals surface area contributed by atoms with Crippen molar-refractivity contribution in [3.8, 4) is 11.5 Å². The highest BCUT2D eigenvalue weighted by molar-refractivity contribution is 5.43. The molecule has 19 heavy (non-hydrogen) atoms. The lowest BCUT2D eigenvalue weighted by atomic mass is 10.0. The Hall–Kier alpha value is -1.22. The lowest BCUT2D eigenvalue weighted by Crippen LogP contribution is -2.21. The Morgan fingerprint density at radius 2 is 1.79 bits per heavy atom. The van der Waals surface area contributed by atoms with Crippen LogP contribution in [0.1, 0.15) is 51.1 Å². The maximum Gasteiger partial charge on any atom is 0.161 e. The van der Waals surface area contributed by atoms with Gasteiger partial charge in [0.1, 0.15) is 0 Å². The van der Waals surface area contributed by atoms with Gasteiger partial charge in [0.15, 0.2) is 11.5 Å². The molecule has 1 N–H and O–H groups in total. The van der Waals surface area contributed by atoms with Crippen molar-refractivity contribution in [3.63, 3.8) is 0 Å². The van der Waals surface area contributed by atoms with Crippen molar-refractivity contribution in [1.29, 1.82) is 0 Å². The lowest BCUT2D eigenvalue weighted by molar-refractivity contribution is 0.353. The summed E-state index contributed by atoms with van der Waals surface area (Å²) >= 11 is 0. The Bertz CT molecular complexity index is 366. The van der Waals surface area contributed by atoms with Crippen LogP contribution in [0.25, 0.3) is 0 Å². The third-order valence-corrected chi connectivity index (χ3v) is 3.39. The van der Waals surface area contributed by atoms with E-state index >= 15 is 0 Å². The minimum Gasteiger partial charge on any atom is -0.493 e. The van der Waals surface area contributed by atoms with Gasteiger partial charge in [0, 0.05) is 6.04 Å². The molecule has 3 heteroatoms. The summed E-state index contributed by atoms with van der Waals surface area (Å²) in [6.07, 6.45) is 4.85.